The Labute approximate surface area is 178 Å². The number of likely N-dealkylation sites (tertiary alicyclic amines) is 1. The van der Waals surface area contributed by atoms with Gasteiger partial charge in [0.15, 0.2) is 0 Å². The summed E-state index contributed by atoms with van der Waals surface area (Å²) in [5.74, 6) is -6.09. The third kappa shape index (κ3) is 4.48. The molecule has 162 valence electrons. The average molecular weight is 455 g/mol. The van der Waals surface area contributed by atoms with Crippen molar-refractivity contribution >= 4 is 34.4 Å². The molecule has 0 unspecified atom stereocenters. The topological polar surface area (TPSA) is 78.1 Å². The van der Waals surface area contributed by atoms with E-state index in [-0.39, 0.29) is 11.3 Å². The average Bonchev–Trinajstić information content (AvgIpc) is 3.11. The van der Waals surface area contributed by atoms with Crippen LogP contribution < -0.4 is 5.32 Å². The summed E-state index contributed by atoms with van der Waals surface area (Å²) in [6.07, 6.45) is 0.964. The summed E-state index contributed by atoms with van der Waals surface area (Å²) in [6, 6.07) is 4.32. The summed E-state index contributed by atoms with van der Waals surface area (Å²) in [5, 5.41) is 3.32. The number of amides is 2. The molecule has 3 heterocycles. The number of pyridine rings is 1. The molecule has 2 amide bonds. The first-order chi connectivity index (χ1) is 14.6. The van der Waals surface area contributed by atoms with Crippen molar-refractivity contribution in [3.05, 3.63) is 64.4 Å². The van der Waals surface area contributed by atoms with E-state index in [0.717, 1.165) is 23.1 Å². The van der Waals surface area contributed by atoms with Crippen LogP contribution in [-0.4, -0.2) is 51.7 Å². The normalized spacial score (nSPS) is 16.1. The second-order valence-electron chi connectivity index (χ2n) is 7.29. The Balaban J connectivity index is 1.58. The van der Waals surface area contributed by atoms with Crippen molar-refractivity contribution < 1.29 is 27.2 Å². The van der Waals surface area contributed by atoms with Gasteiger partial charge in [0.25, 0.3) is 11.8 Å². The molecule has 2 N–H and O–H groups in total. The number of alkyl halides is 2. The number of halogens is 5. The number of hydrogen-bond donors (Lipinski definition) is 2. The summed E-state index contributed by atoms with van der Waals surface area (Å²) < 4.78 is 54.1. The molecule has 1 aromatic carbocycles. The van der Waals surface area contributed by atoms with Crippen LogP contribution in [0.3, 0.4) is 0 Å². The van der Waals surface area contributed by atoms with E-state index in [9.17, 15) is 27.2 Å². The van der Waals surface area contributed by atoms with Gasteiger partial charge in [0.05, 0.1) is 18.1 Å². The maximum Gasteiger partial charge on any atom is 0.282 e. The molecule has 2 aromatic heterocycles. The Morgan fingerprint density at radius 3 is 2.68 bits per heavy atom. The maximum absolute atomic E-state index is 14.1. The highest BCUT2D eigenvalue weighted by Crippen LogP contribution is 2.28. The smallest absolute Gasteiger partial charge is 0.282 e. The van der Waals surface area contributed by atoms with Crippen LogP contribution in [0, 0.1) is 11.6 Å². The van der Waals surface area contributed by atoms with E-state index < -0.39 is 54.9 Å². The number of nitrogens with one attached hydrogen (secondary N) is 2. The number of aromatic nitrogens is 2. The van der Waals surface area contributed by atoms with Crippen LogP contribution in [-0.2, 0) is 11.2 Å². The number of aromatic amines is 1. The quantitative estimate of drug-likeness (QED) is 0.581. The lowest BCUT2D eigenvalue weighted by Gasteiger charge is -2.40. The lowest BCUT2D eigenvalue weighted by molar-refractivity contribution is -0.167. The number of carbonyl (C=O) groups excluding carboxylic acids is 2. The molecule has 3 aromatic rings. The van der Waals surface area contributed by atoms with E-state index in [1.165, 1.54) is 12.3 Å². The molecule has 1 aliphatic rings. The number of carbonyl (C=O) groups is 2. The number of fused-ring (bicyclic) bond motifs is 1. The predicted molar refractivity (Wildman–Crippen MR) is 104 cm³/mol. The minimum absolute atomic E-state index is 0.0382. The molecule has 0 saturated carbocycles. The highest BCUT2D eigenvalue weighted by Gasteiger charge is 2.47. The molecule has 0 aliphatic carbocycles. The molecule has 1 fully saturated rings. The van der Waals surface area contributed by atoms with E-state index in [1.807, 2.05) is 0 Å². The van der Waals surface area contributed by atoms with Gasteiger partial charge in [-0.15, -0.1) is 0 Å². The standard InChI is InChI=1S/C20H15ClF4N4O2/c21-12-3-11-6-15(27-17(11)26-7-12)18(30)28-16(19(31)29-8-20(24,25)9-29)5-10-4-13(22)1-2-14(10)23/h1-4,6-7,16H,5,8-9H2,(H,26,27)(H,28,30)/t16-/m0/s1. The van der Waals surface area contributed by atoms with Crippen molar-refractivity contribution in [2.24, 2.45) is 0 Å². The summed E-state index contributed by atoms with van der Waals surface area (Å²) >= 11 is 5.88. The zero-order valence-electron chi connectivity index (χ0n) is 15.8. The van der Waals surface area contributed by atoms with Gasteiger partial charge < -0.3 is 15.2 Å². The molecule has 11 heteroatoms. The van der Waals surface area contributed by atoms with Gasteiger partial charge in [0, 0.05) is 18.0 Å². The molecule has 6 nitrogen and oxygen atoms in total. The van der Waals surface area contributed by atoms with Gasteiger partial charge in [-0.3, -0.25) is 9.59 Å². The number of rotatable bonds is 5. The van der Waals surface area contributed by atoms with Crippen molar-refractivity contribution in [3.8, 4) is 0 Å². The van der Waals surface area contributed by atoms with E-state index in [0.29, 0.717) is 16.1 Å². The van der Waals surface area contributed by atoms with Crippen LogP contribution in [0.15, 0.2) is 36.5 Å². The molecule has 31 heavy (non-hydrogen) atoms. The SMILES string of the molecule is O=C(N[C@@H](Cc1cc(F)ccc1F)C(=O)N1CC(F)(F)C1)c1cc2cc(Cl)cnc2[nH]1. The molecule has 1 saturated heterocycles. The summed E-state index contributed by atoms with van der Waals surface area (Å²) in [5.41, 5.74) is 0.239. The minimum Gasteiger partial charge on any atom is -0.339 e. The highest BCUT2D eigenvalue weighted by molar-refractivity contribution is 6.31. The van der Waals surface area contributed by atoms with E-state index in [4.69, 9.17) is 11.6 Å². The summed E-state index contributed by atoms with van der Waals surface area (Å²) in [7, 11) is 0. The molecular formula is C20H15ClF4N4O2. The summed E-state index contributed by atoms with van der Waals surface area (Å²) in [4.78, 5) is 33.1. The van der Waals surface area contributed by atoms with Crippen molar-refractivity contribution in [2.45, 2.75) is 18.4 Å². The Hall–Kier alpha value is -3.14. The highest BCUT2D eigenvalue weighted by atomic mass is 35.5. The molecule has 0 spiro atoms. The van der Waals surface area contributed by atoms with E-state index in [1.54, 1.807) is 6.07 Å². The number of H-pyrrole nitrogens is 1. The first-order valence-electron chi connectivity index (χ1n) is 9.17. The Kier molecular flexibility index (Phi) is 5.34. The van der Waals surface area contributed by atoms with Gasteiger partial charge in [-0.25, -0.2) is 22.5 Å². The Morgan fingerprint density at radius 1 is 1.23 bits per heavy atom. The predicted octanol–water partition coefficient (Wildman–Crippen LogP) is 3.31. The third-order valence-electron chi connectivity index (χ3n) is 4.87. The Bertz CT molecular complexity index is 1180. The van der Waals surface area contributed by atoms with Gasteiger partial charge in [-0.2, -0.15) is 0 Å². The van der Waals surface area contributed by atoms with Crippen LogP contribution in [0.25, 0.3) is 11.0 Å². The number of benzene rings is 1. The van der Waals surface area contributed by atoms with Crippen LogP contribution in [0.5, 0.6) is 0 Å². The van der Waals surface area contributed by atoms with Crippen LogP contribution in [0.4, 0.5) is 17.6 Å². The largest absolute Gasteiger partial charge is 0.339 e. The van der Waals surface area contributed by atoms with Crippen molar-refractivity contribution in [3.63, 3.8) is 0 Å². The molecule has 0 bridgehead atoms. The second-order valence-corrected chi connectivity index (χ2v) is 7.73. The third-order valence-corrected chi connectivity index (χ3v) is 5.08. The monoisotopic (exact) mass is 454 g/mol. The van der Waals surface area contributed by atoms with Crippen LogP contribution >= 0.6 is 11.6 Å². The molecule has 0 radical (unpaired) electrons. The first kappa shape index (κ1) is 21.1. The van der Waals surface area contributed by atoms with Crippen molar-refractivity contribution in [2.75, 3.05) is 13.1 Å². The maximum atomic E-state index is 14.1. The van der Waals surface area contributed by atoms with Gasteiger partial charge in [-0.1, -0.05) is 11.6 Å². The van der Waals surface area contributed by atoms with Gasteiger partial charge in [0.2, 0.25) is 5.91 Å². The molecular weight excluding hydrogens is 440 g/mol. The molecule has 1 atom stereocenters. The van der Waals surface area contributed by atoms with Crippen LogP contribution in [0.2, 0.25) is 5.02 Å². The van der Waals surface area contributed by atoms with Crippen LogP contribution in [0.1, 0.15) is 16.1 Å². The lowest BCUT2D eigenvalue weighted by atomic mass is 10.0. The second kappa shape index (κ2) is 7.84. The zero-order chi connectivity index (χ0) is 22.3. The Morgan fingerprint density at radius 2 is 1.97 bits per heavy atom. The van der Waals surface area contributed by atoms with Crippen molar-refractivity contribution in [1.29, 1.82) is 0 Å². The molecule has 1 aliphatic heterocycles. The zero-order valence-corrected chi connectivity index (χ0v) is 16.5. The fourth-order valence-corrected chi connectivity index (χ4v) is 3.52. The fourth-order valence-electron chi connectivity index (χ4n) is 3.35. The van der Waals surface area contributed by atoms with E-state index >= 15 is 0 Å². The number of hydrogen-bond acceptors (Lipinski definition) is 3. The first-order valence-corrected chi connectivity index (χ1v) is 9.55. The van der Waals surface area contributed by atoms with Gasteiger partial charge in [-0.05, 0) is 35.9 Å². The van der Waals surface area contributed by atoms with Gasteiger partial charge in [0.1, 0.15) is 29.0 Å². The molecule has 4 rings (SSSR count). The van der Waals surface area contributed by atoms with Gasteiger partial charge >= 0.3 is 0 Å². The summed E-state index contributed by atoms with van der Waals surface area (Å²) in [6.45, 7) is -1.61. The minimum atomic E-state index is -3.02. The lowest BCUT2D eigenvalue weighted by Crippen LogP contribution is -2.63. The van der Waals surface area contributed by atoms with Crippen molar-refractivity contribution in [1.82, 2.24) is 20.2 Å². The van der Waals surface area contributed by atoms with E-state index in [2.05, 4.69) is 15.3 Å². The number of nitrogens with zero attached hydrogens (tertiary/aromatic N) is 2. The fraction of sp³-hybridized carbons (Fsp3) is 0.250.